The van der Waals surface area contributed by atoms with Crippen LogP contribution in [0.5, 0.6) is 17.2 Å². The molecule has 5 aromatic rings. The van der Waals surface area contributed by atoms with Crippen molar-refractivity contribution in [3.63, 3.8) is 0 Å². The van der Waals surface area contributed by atoms with E-state index in [1.54, 1.807) is 0 Å². The molecule has 7 rings (SSSR count). The minimum absolute atomic E-state index is 0.187. The maximum Gasteiger partial charge on any atom is 0.230 e. The molecule has 0 radical (unpaired) electrons. The van der Waals surface area contributed by atoms with Crippen LogP contribution >= 0.6 is 0 Å². The summed E-state index contributed by atoms with van der Waals surface area (Å²) >= 11 is 0. The number of nitrogens with zero attached hydrogens (tertiary/aromatic N) is 1. The summed E-state index contributed by atoms with van der Waals surface area (Å²) in [7, 11) is 0. The van der Waals surface area contributed by atoms with E-state index in [1.165, 1.54) is 27.3 Å². The van der Waals surface area contributed by atoms with Crippen LogP contribution in [0.1, 0.15) is 24.1 Å². The fourth-order valence-electron chi connectivity index (χ4n) is 5.49. The Labute approximate surface area is 204 Å². The van der Waals surface area contributed by atoms with Crippen LogP contribution in [0.3, 0.4) is 0 Å². The molecular weight excluding hydrogens is 434 g/mol. The van der Waals surface area contributed by atoms with Gasteiger partial charge in [0.05, 0.1) is 0 Å². The first kappa shape index (κ1) is 20.4. The van der Waals surface area contributed by atoms with Crippen molar-refractivity contribution in [3.8, 4) is 28.4 Å². The average molecular weight is 460 g/mol. The molecule has 0 fully saturated rings. The Hall–Kier alpha value is -4.02. The first-order valence-corrected chi connectivity index (χ1v) is 12.1. The minimum Gasteiger partial charge on any atom is -0.478 e. The molecule has 4 nitrogen and oxygen atoms in total. The molecule has 5 aromatic carbocycles. The van der Waals surface area contributed by atoms with Crippen molar-refractivity contribution >= 4 is 21.5 Å². The summed E-state index contributed by atoms with van der Waals surface area (Å²) in [4.78, 5) is 2.38. The summed E-state index contributed by atoms with van der Waals surface area (Å²) in [5, 5.41) is 4.69. The Morgan fingerprint density at radius 3 is 2.17 bits per heavy atom. The Morgan fingerprint density at radius 1 is 0.657 bits per heavy atom. The summed E-state index contributed by atoms with van der Waals surface area (Å²) in [6, 6.07) is 32.0. The third-order valence-electron chi connectivity index (χ3n) is 7.36. The van der Waals surface area contributed by atoms with Gasteiger partial charge in [-0.15, -0.1) is 0 Å². The van der Waals surface area contributed by atoms with Gasteiger partial charge in [-0.25, -0.2) is 0 Å². The highest BCUT2D eigenvalue weighted by Crippen LogP contribution is 2.49. The molecule has 0 saturated heterocycles. The van der Waals surface area contributed by atoms with Crippen LogP contribution in [0.25, 0.3) is 32.7 Å². The highest BCUT2D eigenvalue weighted by Gasteiger charge is 2.29. The molecule has 1 atom stereocenters. The second-order valence-corrected chi connectivity index (χ2v) is 9.25. The van der Waals surface area contributed by atoms with Crippen molar-refractivity contribution in [2.45, 2.75) is 19.5 Å². The lowest BCUT2D eigenvalue weighted by Crippen LogP contribution is -2.34. The molecule has 0 saturated carbocycles. The molecule has 2 aliphatic heterocycles. The van der Waals surface area contributed by atoms with E-state index in [1.807, 2.05) is 0 Å². The molecule has 0 bridgehead atoms. The summed E-state index contributed by atoms with van der Waals surface area (Å²) in [5.41, 5.74) is 4.65. The summed E-state index contributed by atoms with van der Waals surface area (Å²) in [6.07, 6.45) is 0. The predicted molar refractivity (Wildman–Crippen MR) is 139 cm³/mol. The largest absolute Gasteiger partial charge is 0.478 e. The SMILES string of the molecule is C[C@@H](c1ccccc1)N1COc2ccc3ccc4c(c3c2C1)-c1c(ccc2ccccc12)OCO4. The molecule has 0 aliphatic carbocycles. The van der Waals surface area contributed by atoms with E-state index in [0.29, 0.717) is 6.73 Å². The van der Waals surface area contributed by atoms with E-state index >= 15 is 0 Å². The number of rotatable bonds is 2. The third-order valence-corrected chi connectivity index (χ3v) is 7.36. The van der Waals surface area contributed by atoms with Crippen LogP contribution in [0.15, 0.2) is 91.0 Å². The van der Waals surface area contributed by atoms with Crippen molar-refractivity contribution in [1.29, 1.82) is 0 Å². The van der Waals surface area contributed by atoms with Gasteiger partial charge in [0, 0.05) is 34.7 Å². The van der Waals surface area contributed by atoms with Crippen LogP contribution in [-0.4, -0.2) is 18.4 Å². The van der Waals surface area contributed by atoms with E-state index < -0.39 is 0 Å². The second-order valence-electron chi connectivity index (χ2n) is 9.25. The quantitative estimate of drug-likeness (QED) is 0.277. The number of hydrogen-bond donors (Lipinski definition) is 0. The van der Waals surface area contributed by atoms with Gasteiger partial charge >= 0.3 is 0 Å². The maximum absolute atomic E-state index is 6.34. The van der Waals surface area contributed by atoms with Gasteiger partial charge in [-0.2, -0.15) is 0 Å². The van der Waals surface area contributed by atoms with Crippen LogP contribution in [-0.2, 0) is 6.54 Å². The lowest BCUT2D eigenvalue weighted by Gasteiger charge is -2.35. The Bertz CT molecular complexity index is 1580. The van der Waals surface area contributed by atoms with Crippen LogP contribution in [0, 0.1) is 0 Å². The number of ether oxygens (including phenoxy) is 3. The topological polar surface area (TPSA) is 30.9 Å². The predicted octanol–water partition coefficient (Wildman–Crippen LogP) is 7.30. The molecular formula is C31H25NO3. The molecule has 172 valence electrons. The molecule has 2 heterocycles. The van der Waals surface area contributed by atoms with Gasteiger partial charge < -0.3 is 14.2 Å². The van der Waals surface area contributed by atoms with Crippen LogP contribution < -0.4 is 14.2 Å². The van der Waals surface area contributed by atoms with Gasteiger partial charge in [0.1, 0.15) is 24.0 Å². The number of fused-ring (bicyclic) bond motifs is 9. The Balaban J connectivity index is 1.47. The van der Waals surface area contributed by atoms with E-state index in [9.17, 15) is 0 Å². The van der Waals surface area contributed by atoms with E-state index in [0.717, 1.165) is 40.3 Å². The maximum atomic E-state index is 6.34. The first-order chi connectivity index (χ1) is 17.3. The third kappa shape index (κ3) is 3.25. The van der Waals surface area contributed by atoms with Gasteiger partial charge in [-0.3, -0.25) is 4.90 Å². The van der Waals surface area contributed by atoms with Crippen molar-refractivity contribution in [1.82, 2.24) is 4.90 Å². The average Bonchev–Trinajstić information content (AvgIpc) is 3.12. The lowest BCUT2D eigenvalue weighted by molar-refractivity contribution is 0.0626. The summed E-state index contributed by atoms with van der Waals surface area (Å²) < 4.78 is 18.6. The zero-order valence-electron chi connectivity index (χ0n) is 19.5. The molecule has 0 aromatic heterocycles. The normalized spacial score (nSPS) is 15.7. The van der Waals surface area contributed by atoms with Crippen molar-refractivity contribution < 1.29 is 14.2 Å². The fraction of sp³-hybridized carbons (Fsp3) is 0.161. The lowest BCUT2D eigenvalue weighted by atomic mass is 9.89. The van der Waals surface area contributed by atoms with Gasteiger partial charge in [-0.05, 0) is 46.8 Å². The Morgan fingerprint density at radius 2 is 1.34 bits per heavy atom. The summed E-state index contributed by atoms with van der Waals surface area (Å²) in [5.74, 6) is 2.63. The standard InChI is InChI=1S/C31H25NO3/c1-20(21-7-3-2-4-8-21)32-17-25-26(33-18-32)14-12-23-13-16-28-31(29(23)25)30-24-10-6-5-9-22(24)11-15-27(30)34-19-35-28/h2-16,20H,17-19H2,1H3/t20-/m0/s1. The second kappa shape index (κ2) is 8.03. The molecule has 0 unspecified atom stereocenters. The van der Waals surface area contributed by atoms with Crippen LogP contribution in [0.4, 0.5) is 0 Å². The highest BCUT2D eigenvalue weighted by atomic mass is 16.7. The molecule has 0 N–H and O–H groups in total. The van der Waals surface area contributed by atoms with E-state index in [-0.39, 0.29) is 12.8 Å². The van der Waals surface area contributed by atoms with Crippen LogP contribution in [0.2, 0.25) is 0 Å². The molecule has 35 heavy (non-hydrogen) atoms. The van der Waals surface area contributed by atoms with Gasteiger partial charge in [0.2, 0.25) is 6.79 Å². The monoisotopic (exact) mass is 459 g/mol. The van der Waals surface area contributed by atoms with Crippen molar-refractivity contribution in [2.75, 3.05) is 13.5 Å². The highest BCUT2D eigenvalue weighted by molar-refractivity contribution is 6.11. The first-order valence-electron chi connectivity index (χ1n) is 12.1. The van der Waals surface area contributed by atoms with Gasteiger partial charge in [-0.1, -0.05) is 72.8 Å². The molecule has 4 heteroatoms. The number of hydrogen-bond acceptors (Lipinski definition) is 4. The van der Waals surface area contributed by atoms with Gasteiger partial charge in [0.25, 0.3) is 0 Å². The molecule has 2 aliphatic rings. The molecule has 0 amide bonds. The number of benzene rings is 5. The van der Waals surface area contributed by atoms with Crippen molar-refractivity contribution in [2.24, 2.45) is 0 Å². The van der Waals surface area contributed by atoms with E-state index in [2.05, 4.69) is 103 Å². The smallest absolute Gasteiger partial charge is 0.230 e. The molecule has 0 spiro atoms. The zero-order chi connectivity index (χ0) is 23.4. The fourth-order valence-corrected chi connectivity index (χ4v) is 5.49. The minimum atomic E-state index is 0.187. The van der Waals surface area contributed by atoms with Gasteiger partial charge in [0.15, 0.2) is 0 Å². The zero-order valence-corrected chi connectivity index (χ0v) is 19.5. The Kier molecular flexibility index (Phi) is 4.67. The summed E-state index contributed by atoms with van der Waals surface area (Å²) in [6.45, 7) is 3.78. The van der Waals surface area contributed by atoms with Crippen molar-refractivity contribution in [3.05, 3.63) is 102 Å². The van der Waals surface area contributed by atoms with E-state index in [4.69, 9.17) is 14.2 Å².